The molecule has 0 saturated carbocycles. The first-order valence-electron chi connectivity index (χ1n) is 7.62. The smallest absolute Gasteiger partial charge is 0.249 e. The highest BCUT2D eigenvalue weighted by Gasteiger charge is 2.30. The highest BCUT2D eigenvalue weighted by molar-refractivity contribution is 6.05. The summed E-state index contributed by atoms with van der Waals surface area (Å²) in [5.41, 5.74) is 11.3. The molecule has 1 aliphatic heterocycles. The Balaban J connectivity index is 1.93. The normalized spacial score (nSPS) is 18.6. The summed E-state index contributed by atoms with van der Waals surface area (Å²) in [5, 5.41) is 2.36. The van der Waals surface area contributed by atoms with Crippen molar-refractivity contribution in [2.75, 3.05) is 13.1 Å². The molecule has 1 fully saturated rings. The van der Waals surface area contributed by atoms with Gasteiger partial charge in [-0.1, -0.05) is 30.3 Å². The molecule has 1 heterocycles. The Bertz CT molecular complexity index is 562. The van der Waals surface area contributed by atoms with Gasteiger partial charge in [-0.3, -0.25) is 19.3 Å². The predicted molar refractivity (Wildman–Crippen MR) is 84.8 cm³/mol. The van der Waals surface area contributed by atoms with Crippen LogP contribution in [0.3, 0.4) is 0 Å². The van der Waals surface area contributed by atoms with E-state index >= 15 is 0 Å². The molecule has 0 bridgehead atoms. The summed E-state index contributed by atoms with van der Waals surface area (Å²) >= 11 is 0. The summed E-state index contributed by atoms with van der Waals surface area (Å²) in [5.74, 6) is -2.52. The van der Waals surface area contributed by atoms with Gasteiger partial charge in [0.1, 0.15) is 0 Å². The summed E-state index contributed by atoms with van der Waals surface area (Å²) < 4.78 is 0. The second-order valence-electron chi connectivity index (χ2n) is 5.81. The van der Waals surface area contributed by atoms with Crippen molar-refractivity contribution in [1.82, 2.24) is 10.2 Å². The van der Waals surface area contributed by atoms with E-state index in [-0.39, 0.29) is 11.8 Å². The van der Waals surface area contributed by atoms with Gasteiger partial charge >= 0.3 is 0 Å². The third-order valence-corrected chi connectivity index (χ3v) is 3.98. The number of likely N-dealkylation sites (tertiary alicyclic amines) is 1. The molecule has 7 nitrogen and oxygen atoms in total. The van der Waals surface area contributed by atoms with E-state index in [4.69, 9.17) is 11.5 Å². The summed E-state index contributed by atoms with van der Waals surface area (Å²) in [4.78, 5) is 36.8. The van der Waals surface area contributed by atoms with E-state index in [1.165, 1.54) is 5.56 Å². The lowest BCUT2D eigenvalue weighted by atomic mass is 9.96. The lowest BCUT2D eigenvalue weighted by molar-refractivity contribution is -0.136. The van der Waals surface area contributed by atoms with E-state index in [0.717, 1.165) is 19.5 Å². The third kappa shape index (κ3) is 4.79. The molecule has 0 aromatic heterocycles. The number of carbonyl (C=O) groups excluding carboxylic acids is 3. The molecule has 1 atom stereocenters. The van der Waals surface area contributed by atoms with Crippen molar-refractivity contribution in [2.45, 2.75) is 25.4 Å². The quantitative estimate of drug-likeness (QED) is 0.604. The van der Waals surface area contributed by atoms with E-state index in [1.54, 1.807) is 0 Å². The molecule has 1 unspecified atom stereocenters. The van der Waals surface area contributed by atoms with E-state index in [0.29, 0.717) is 13.0 Å². The zero-order valence-corrected chi connectivity index (χ0v) is 12.9. The van der Waals surface area contributed by atoms with Gasteiger partial charge in [-0.2, -0.15) is 0 Å². The van der Waals surface area contributed by atoms with Crippen LogP contribution in [0, 0.1) is 5.92 Å². The van der Waals surface area contributed by atoms with Crippen molar-refractivity contribution in [2.24, 2.45) is 17.4 Å². The number of nitrogens with two attached hydrogens (primary N) is 2. The number of piperidine rings is 1. The van der Waals surface area contributed by atoms with Crippen LogP contribution in [0.2, 0.25) is 0 Å². The molecule has 1 saturated heterocycles. The summed E-state index contributed by atoms with van der Waals surface area (Å²) in [6, 6.07) is 8.55. The minimum atomic E-state index is -1.45. The first-order valence-corrected chi connectivity index (χ1v) is 7.62. The Hall–Kier alpha value is -2.41. The van der Waals surface area contributed by atoms with Gasteiger partial charge in [-0.05, 0) is 24.9 Å². The van der Waals surface area contributed by atoms with Gasteiger partial charge in [0.15, 0.2) is 6.04 Å². The predicted octanol–water partition coefficient (Wildman–Crippen LogP) is -0.646. The van der Waals surface area contributed by atoms with Crippen LogP contribution in [0.15, 0.2) is 30.3 Å². The average molecular weight is 318 g/mol. The molecule has 0 radical (unpaired) electrons. The minimum Gasteiger partial charge on any atom is -0.367 e. The van der Waals surface area contributed by atoms with E-state index in [9.17, 15) is 14.4 Å². The molecular formula is C16H22N4O3. The number of carbonyl (C=O) groups is 3. The Labute approximate surface area is 135 Å². The van der Waals surface area contributed by atoms with Gasteiger partial charge in [-0.25, -0.2) is 0 Å². The summed E-state index contributed by atoms with van der Waals surface area (Å²) in [7, 11) is 0. The van der Waals surface area contributed by atoms with E-state index < -0.39 is 17.9 Å². The Morgan fingerprint density at radius 2 is 1.83 bits per heavy atom. The maximum absolute atomic E-state index is 12.3. The first-order chi connectivity index (χ1) is 11.0. The van der Waals surface area contributed by atoms with Crippen LogP contribution in [0.1, 0.15) is 18.4 Å². The number of nitrogens with one attached hydrogen (secondary N) is 1. The Morgan fingerprint density at radius 3 is 2.43 bits per heavy atom. The van der Waals surface area contributed by atoms with Gasteiger partial charge < -0.3 is 16.8 Å². The SMILES string of the molecule is NC(=O)C(NC(=O)C1CCCN(Cc2ccccc2)C1)C(N)=O. The molecule has 1 aromatic rings. The Morgan fingerprint density at radius 1 is 1.17 bits per heavy atom. The van der Waals surface area contributed by atoms with Crippen molar-refractivity contribution in [1.29, 1.82) is 0 Å². The van der Waals surface area contributed by atoms with Crippen LogP contribution in [0.5, 0.6) is 0 Å². The van der Waals surface area contributed by atoms with Crippen molar-refractivity contribution in [3.8, 4) is 0 Å². The fourth-order valence-electron chi connectivity index (χ4n) is 2.80. The monoisotopic (exact) mass is 318 g/mol. The zero-order chi connectivity index (χ0) is 16.8. The molecule has 5 N–H and O–H groups in total. The third-order valence-electron chi connectivity index (χ3n) is 3.98. The molecule has 124 valence electrons. The van der Waals surface area contributed by atoms with Gasteiger partial charge in [0.05, 0.1) is 5.92 Å². The lowest BCUT2D eigenvalue weighted by Gasteiger charge is -2.32. The summed E-state index contributed by atoms with van der Waals surface area (Å²) in [6.07, 6.45) is 1.59. The fourth-order valence-corrected chi connectivity index (χ4v) is 2.80. The number of hydrogen-bond acceptors (Lipinski definition) is 4. The highest BCUT2D eigenvalue weighted by atomic mass is 16.2. The standard InChI is InChI=1S/C16H22N4O3/c17-14(21)13(15(18)22)19-16(23)12-7-4-8-20(10-12)9-11-5-2-1-3-6-11/h1-3,5-6,12-13H,4,7-10H2,(H2,17,21)(H2,18,22)(H,19,23). The molecule has 0 aliphatic carbocycles. The van der Waals surface area contributed by atoms with Gasteiger partial charge in [0, 0.05) is 13.1 Å². The zero-order valence-electron chi connectivity index (χ0n) is 12.9. The van der Waals surface area contributed by atoms with Crippen LogP contribution < -0.4 is 16.8 Å². The molecule has 3 amide bonds. The van der Waals surface area contributed by atoms with Crippen molar-refractivity contribution >= 4 is 17.7 Å². The van der Waals surface area contributed by atoms with Crippen molar-refractivity contribution in [3.63, 3.8) is 0 Å². The van der Waals surface area contributed by atoms with Crippen molar-refractivity contribution in [3.05, 3.63) is 35.9 Å². The maximum Gasteiger partial charge on any atom is 0.249 e. The second kappa shape index (κ2) is 7.73. The van der Waals surface area contributed by atoms with Gasteiger partial charge in [0.25, 0.3) is 0 Å². The molecule has 7 heteroatoms. The minimum absolute atomic E-state index is 0.284. The second-order valence-corrected chi connectivity index (χ2v) is 5.81. The van der Waals surface area contributed by atoms with E-state index in [2.05, 4.69) is 10.2 Å². The largest absolute Gasteiger partial charge is 0.367 e. The van der Waals surface area contributed by atoms with E-state index in [1.807, 2.05) is 30.3 Å². The van der Waals surface area contributed by atoms with Crippen molar-refractivity contribution < 1.29 is 14.4 Å². The fraction of sp³-hybridized carbons (Fsp3) is 0.438. The van der Waals surface area contributed by atoms with Crippen LogP contribution in [0.4, 0.5) is 0 Å². The number of primary amides is 2. The van der Waals surface area contributed by atoms with Gasteiger partial charge in [-0.15, -0.1) is 0 Å². The average Bonchev–Trinajstić information content (AvgIpc) is 2.53. The number of benzene rings is 1. The molecule has 1 aromatic carbocycles. The molecular weight excluding hydrogens is 296 g/mol. The van der Waals surface area contributed by atoms with Crippen LogP contribution in [-0.4, -0.2) is 41.8 Å². The highest BCUT2D eigenvalue weighted by Crippen LogP contribution is 2.19. The molecule has 23 heavy (non-hydrogen) atoms. The maximum atomic E-state index is 12.3. The number of rotatable bonds is 6. The molecule has 1 aliphatic rings. The van der Waals surface area contributed by atoms with Crippen LogP contribution in [0.25, 0.3) is 0 Å². The topological polar surface area (TPSA) is 119 Å². The lowest BCUT2D eigenvalue weighted by Crippen LogP contribution is -2.55. The van der Waals surface area contributed by atoms with Crippen LogP contribution >= 0.6 is 0 Å². The Kier molecular flexibility index (Phi) is 5.70. The first kappa shape index (κ1) is 17.0. The van der Waals surface area contributed by atoms with Crippen LogP contribution in [-0.2, 0) is 20.9 Å². The molecule has 0 spiro atoms. The number of amides is 3. The number of nitrogens with zero attached hydrogens (tertiary/aromatic N) is 1. The molecule has 2 rings (SSSR count). The summed E-state index contributed by atoms with van der Waals surface area (Å²) in [6.45, 7) is 2.25. The van der Waals surface area contributed by atoms with Gasteiger partial charge in [0.2, 0.25) is 17.7 Å². The number of hydrogen-bond donors (Lipinski definition) is 3.